The second kappa shape index (κ2) is 37.3. The first-order valence-electron chi connectivity index (χ1n) is 19.2. The van der Waals surface area contributed by atoms with Crippen LogP contribution in [-0.4, -0.2) is 36.4 Å². The summed E-state index contributed by atoms with van der Waals surface area (Å²) < 4.78 is 10.6. The summed E-state index contributed by atoms with van der Waals surface area (Å²) in [6.07, 6.45) is 46.0. The predicted molar refractivity (Wildman–Crippen MR) is 196 cm³/mol. The van der Waals surface area contributed by atoms with Crippen LogP contribution in [0.15, 0.2) is 48.6 Å². The molecular formula is C41H72O5. The Morgan fingerprint density at radius 2 is 0.870 bits per heavy atom. The molecule has 0 aliphatic carbocycles. The van der Waals surface area contributed by atoms with Crippen molar-refractivity contribution in [2.75, 3.05) is 13.2 Å². The summed E-state index contributed by atoms with van der Waals surface area (Å²) in [6, 6.07) is 0. The van der Waals surface area contributed by atoms with E-state index in [0.29, 0.717) is 12.8 Å². The molecule has 0 saturated carbocycles. The Balaban J connectivity index is 3.63. The topological polar surface area (TPSA) is 72.8 Å². The number of unbranched alkanes of at least 4 members (excludes halogenated alkanes) is 18. The highest BCUT2D eigenvalue weighted by Crippen LogP contribution is 2.12. The molecule has 1 N–H and O–H groups in total. The molecule has 266 valence electrons. The number of aliphatic hydroxyl groups excluding tert-OH is 1. The maximum Gasteiger partial charge on any atom is 0.306 e. The number of carbonyl (C=O) groups excluding carboxylic acids is 2. The predicted octanol–water partition coefficient (Wildman–Crippen LogP) is 11.8. The first-order valence-corrected chi connectivity index (χ1v) is 19.2. The van der Waals surface area contributed by atoms with Crippen molar-refractivity contribution < 1.29 is 24.2 Å². The monoisotopic (exact) mass is 645 g/mol. The van der Waals surface area contributed by atoms with Crippen LogP contribution in [0.3, 0.4) is 0 Å². The van der Waals surface area contributed by atoms with Gasteiger partial charge in [-0.2, -0.15) is 0 Å². The highest BCUT2D eigenvalue weighted by Gasteiger charge is 2.16. The number of aliphatic hydroxyl groups is 1. The lowest BCUT2D eigenvalue weighted by Gasteiger charge is -2.15. The summed E-state index contributed by atoms with van der Waals surface area (Å²) >= 11 is 0. The lowest BCUT2D eigenvalue weighted by molar-refractivity contribution is -0.161. The van der Waals surface area contributed by atoms with Gasteiger partial charge in [-0.1, -0.05) is 140 Å². The van der Waals surface area contributed by atoms with Gasteiger partial charge in [0, 0.05) is 12.8 Å². The number of rotatable bonds is 34. The van der Waals surface area contributed by atoms with Crippen molar-refractivity contribution >= 4 is 11.9 Å². The highest BCUT2D eigenvalue weighted by molar-refractivity contribution is 5.70. The van der Waals surface area contributed by atoms with Crippen LogP contribution in [0.4, 0.5) is 0 Å². The fourth-order valence-corrected chi connectivity index (χ4v) is 5.14. The van der Waals surface area contributed by atoms with Gasteiger partial charge in [0.15, 0.2) is 6.10 Å². The third kappa shape index (κ3) is 34.7. The van der Waals surface area contributed by atoms with Crippen LogP contribution in [0.5, 0.6) is 0 Å². The maximum absolute atomic E-state index is 12.1. The van der Waals surface area contributed by atoms with Crippen LogP contribution in [0.1, 0.15) is 181 Å². The molecule has 0 aromatic heterocycles. The Bertz CT molecular complexity index is 782. The molecule has 0 saturated heterocycles. The molecule has 5 nitrogen and oxygen atoms in total. The highest BCUT2D eigenvalue weighted by atomic mass is 16.6. The van der Waals surface area contributed by atoms with E-state index in [4.69, 9.17) is 9.47 Å². The first-order chi connectivity index (χ1) is 22.6. The average molecular weight is 645 g/mol. The van der Waals surface area contributed by atoms with Gasteiger partial charge in [-0.25, -0.2) is 0 Å². The lowest BCUT2D eigenvalue weighted by Crippen LogP contribution is -2.28. The Kier molecular flexibility index (Phi) is 35.6. The molecule has 0 rings (SSSR count). The van der Waals surface area contributed by atoms with Crippen molar-refractivity contribution in [3.8, 4) is 0 Å². The molecule has 0 fully saturated rings. The minimum Gasteiger partial charge on any atom is -0.462 e. The van der Waals surface area contributed by atoms with Gasteiger partial charge in [-0.3, -0.25) is 9.59 Å². The molecule has 0 aromatic rings. The normalized spacial score (nSPS) is 12.7. The minimum absolute atomic E-state index is 0.0839. The van der Waals surface area contributed by atoms with Crippen LogP contribution >= 0.6 is 0 Å². The summed E-state index contributed by atoms with van der Waals surface area (Å²) in [7, 11) is 0. The standard InChI is InChI=1S/C41H72O5/c1-3-5-7-9-11-13-15-17-19-20-22-23-25-27-29-31-33-35-40(43)45-38-39(37-42)46-41(44)36-34-32-30-28-26-24-21-18-16-14-12-10-8-6-4-2/h12,14,17-19,21,26,28,39,42H,3-11,13,15-16,20,22-25,27,29-38H2,1-2H3. The Morgan fingerprint density at radius 3 is 1.41 bits per heavy atom. The first kappa shape index (κ1) is 43.9. The van der Waals surface area contributed by atoms with Gasteiger partial charge >= 0.3 is 11.9 Å². The van der Waals surface area contributed by atoms with Gasteiger partial charge in [0.1, 0.15) is 6.61 Å². The quantitative estimate of drug-likeness (QED) is 0.0429. The summed E-state index contributed by atoms with van der Waals surface area (Å²) in [5, 5.41) is 9.53. The maximum atomic E-state index is 12.1. The van der Waals surface area contributed by atoms with Crippen LogP contribution in [0.2, 0.25) is 0 Å². The van der Waals surface area contributed by atoms with Gasteiger partial charge in [-0.05, 0) is 77.0 Å². The molecule has 5 heteroatoms. The number of allylic oxidation sites excluding steroid dienone is 8. The molecule has 0 spiro atoms. The van der Waals surface area contributed by atoms with E-state index >= 15 is 0 Å². The van der Waals surface area contributed by atoms with Gasteiger partial charge < -0.3 is 14.6 Å². The van der Waals surface area contributed by atoms with E-state index in [2.05, 4.69) is 62.5 Å². The van der Waals surface area contributed by atoms with E-state index in [1.165, 1.54) is 103 Å². The van der Waals surface area contributed by atoms with Crippen molar-refractivity contribution in [1.82, 2.24) is 0 Å². The summed E-state index contributed by atoms with van der Waals surface area (Å²) in [4.78, 5) is 24.2. The van der Waals surface area contributed by atoms with Crippen molar-refractivity contribution in [2.45, 2.75) is 187 Å². The third-order valence-corrected chi connectivity index (χ3v) is 8.10. The molecular weight excluding hydrogens is 572 g/mol. The fraction of sp³-hybridized carbons (Fsp3) is 0.756. The molecule has 0 radical (unpaired) electrons. The van der Waals surface area contributed by atoms with Crippen molar-refractivity contribution in [3.05, 3.63) is 48.6 Å². The molecule has 0 bridgehead atoms. The second-order valence-electron chi connectivity index (χ2n) is 12.6. The van der Waals surface area contributed by atoms with Gasteiger partial charge in [0.25, 0.3) is 0 Å². The van der Waals surface area contributed by atoms with E-state index in [-0.39, 0.29) is 25.2 Å². The van der Waals surface area contributed by atoms with E-state index in [1.807, 2.05) is 0 Å². The minimum atomic E-state index is -0.792. The largest absolute Gasteiger partial charge is 0.462 e. The zero-order valence-corrected chi connectivity index (χ0v) is 30.1. The smallest absolute Gasteiger partial charge is 0.306 e. The Labute approximate surface area is 284 Å². The Morgan fingerprint density at radius 1 is 0.500 bits per heavy atom. The number of carbonyl (C=O) groups is 2. The summed E-state index contributed by atoms with van der Waals surface area (Å²) in [5.41, 5.74) is 0. The molecule has 0 aliphatic rings. The van der Waals surface area contributed by atoms with Crippen LogP contribution in [0, 0.1) is 0 Å². The molecule has 0 heterocycles. The van der Waals surface area contributed by atoms with E-state index in [0.717, 1.165) is 51.4 Å². The van der Waals surface area contributed by atoms with Gasteiger partial charge in [0.05, 0.1) is 6.61 Å². The molecule has 0 aliphatic heterocycles. The zero-order valence-electron chi connectivity index (χ0n) is 30.1. The van der Waals surface area contributed by atoms with E-state index < -0.39 is 6.10 Å². The number of esters is 2. The van der Waals surface area contributed by atoms with Gasteiger partial charge in [0.2, 0.25) is 0 Å². The molecule has 0 amide bonds. The summed E-state index contributed by atoms with van der Waals surface area (Å²) in [5.74, 6) is -0.642. The molecule has 46 heavy (non-hydrogen) atoms. The fourth-order valence-electron chi connectivity index (χ4n) is 5.14. The molecule has 1 unspecified atom stereocenters. The van der Waals surface area contributed by atoms with Crippen molar-refractivity contribution in [2.24, 2.45) is 0 Å². The molecule has 1 atom stereocenters. The van der Waals surface area contributed by atoms with E-state index in [9.17, 15) is 14.7 Å². The second-order valence-corrected chi connectivity index (χ2v) is 12.6. The molecule has 0 aromatic carbocycles. The van der Waals surface area contributed by atoms with Crippen molar-refractivity contribution in [1.29, 1.82) is 0 Å². The average Bonchev–Trinajstić information content (AvgIpc) is 3.06. The lowest BCUT2D eigenvalue weighted by atomic mass is 10.1. The van der Waals surface area contributed by atoms with E-state index in [1.54, 1.807) is 0 Å². The summed E-state index contributed by atoms with van der Waals surface area (Å²) in [6.45, 7) is 4.06. The van der Waals surface area contributed by atoms with Crippen LogP contribution < -0.4 is 0 Å². The Hall–Kier alpha value is -2.14. The number of hydrogen-bond donors (Lipinski definition) is 1. The number of hydrogen-bond acceptors (Lipinski definition) is 5. The van der Waals surface area contributed by atoms with Gasteiger partial charge in [-0.15, -0.1) is 0 Å². The SMILES string of the molecule is CCCCCC=CCC=CCC=CCCCCC(=O)OC(CO)COC(=O)CCCCCCCCCC=CCCCCCCCC. The third-order valence-electron chi connectivity index (χ3n) is 8.10. The van der Waals surface area contributed by atoms with Crippen LogP contribution in [0.25, 0.3) is 0 Å². The van der Waals surface area contributed by atoms with Crippen LogP contribution in [-0.2, 0) is 19.1 Å². The van der Waals surface area contributed by atoms with Crippen molar-refractivity contribution in [3.63, 3.8) is 0 Å². The zero-order chi connectivity index (χ0) is 33.6. The number of ether oxygens (including phenoxy) is 2.